The molecule has 1 nitrogen and oxygen atoms in total. The van der Waals surface area contributed by atoms with E-state index in [-0.39, 0.29) is 0 Å². The lowest BCUT2D eigenvalue weighted by Crippen LogP contribution is -2.14. The van der Waals surface area contributed by atoms with E-state index < -0.39 is 0 Å². The first-order valence-electron chi connectivity index (χ1n) is 4.86. The molecule has 0 aliphatic carbocycles. The molecule has 0 unspecified atom stereocenters. The first kappa shape index (κ1) is 11.7. The molecule has 0 aliphatic heterocycles. The molecule has 0 rings (SSSR count). The summed E-state index contributed by atoms with van der Waals surface area (Å²) in [7, 11) is 0. The fraction of sp³-hybridized carbons (Fsp3) is 0.818. The van der Waals surface area contributed by atoms with Gasteiger partial charge < -0.3 is 5.11 Å². The Morgan fingerprint density at radius 2 is 2.00 bits per heavy atom. The van der Waals surface area contributed by atoms with Gasteiger partial charge in [0, 0.05) is 6.61 Å². The van der Waals surface area contributed by atoms with E-state index >= 15 is 0 Å². The maximum absolute atomic E-state index is 9.11. The number of rotatable bonds is 5. The van der Waals surface area contributed by atoms with Crippen molar-refractivity contribution in [3.63, 3.8) is 0 Å². The molecule has 1 heteroatoms. The van der Waals surface area contributed by atoms with Crippen molar-refractivity contribution in [3.05, 3.63) is 11.6 Å². The second-order valence-corrected chi connectivity index (χ2v) is 3.85. The van der Waals surface area contributed by atoms with Crippen LogP contribution in [0.1, 0.15) is 40.5 Å². The van der Waals surface area contributed by atoms with Crippen LogP contribution in [0.4, 0.5) is 0 Å². The van der Waals surface area contributed by atoms with Crippen molar-refractivity contribution >= 4 is 0 Å². The average Bonchev–Trinajstić information content (AvgIpc) is 2.04. The highest BCUT2D eigenvalue weighted by molar-refractivity contribution is 4.94. The molecule has 0 aromatic carbocycles. The van der Waals surface area contributed by atoms with Crippen LogP contribution in [-0.2, 0) is 0 Å². The van der Waals surface area contributed by atoms with Gasteiger partial charge >= 0.3 is 0 Å². The van der Waals surface area contributed by atoms with Crippen LogP contribution in [0.25, 0.3) is 0 Å². The summed E-state index contributed by atoms with van der Waals surface area (Å²) in [5, 5.41) is 9.11. The second kappa shape index (κ2) is 6.24. The number of allylic oxidation sites excluding steroid dienone is 2. The van der Waals surface area contributed by atoms with Crippen molar-refractivity contribution in [2.45, 2.75) is 40.5 Å². The summed E-state index contributed by atoms with van der Waals surface area (Å²) in [4.78, 5) is 0. The molecular weight excluding hydrogens is 148 g/mol. The van der Waals surface area contributed by atoms with Gasteiger partial charge in [-0.15, -0.1) is 0 Å². The first-order chi connectivity index (χ1) is 5.61. The molecule has 0 spiro atoms. The summed E-state index contributed by atoms with van der Waals surface area (Å²) >= 11 is 0. The van der Waals surface area contributed by atoms with Gasteiger partial charge in [-0.2, -0.15) is 0 Å². The third kappa shape index (κ3) is 4.55. The smallest absolute Gasteiger partial charge is 0.0464 e. The summed E-state index contributed by atoms with van der Waals surface area (Å²) in [5.41, 5.74) is 1.34. The standard InChI is InChI=1S/C11H22O/c1-5-10(4)11(8-12)7-6-9(2)3/h6,10-12H,5,7-8H2,1-4H3/t10-,11+/m0/s1. The predicted octanol–water partition coefficient (Wildman–Crippen LogP) is 3.00. The Labute approximate surface area is 76.5 Å². The van der Waals surface area contributed by atoms with E-state index in [0.29, 0.717) is 18.4 Å². The van der Waals surface area contributed by atoms with Gasteiger partial charge in [-0.1, -0.05) is 31.9 Å². The van der Waals surface area contributed by atoms with E-state index in [4.69, 9.17) is 5.11 Å². The van der Waals surface area contributed by atoms with Crippen molar-refractivity contribution in [1.29, 1.82) is 0 Å². The lowest BCUT2D eigenvalue weighted by atomic mass is 9.89. The Morgan fingerprint density at radius 1 is 1.42 bits per heavy atom. The Morgan fingerprint density at radius 3 is 2.33 bits per heavy atom. The summed E-state index contributed by atoms with van der Waals surface area (Å²) in [6.45, 7) is 8.91. The van der Waals surface area contributed by atoms with Crippen LogP contribution in [0.2, 0.25) is 0 Å². The summed E-state index contributed by atoms with van der Waals surface area (Å²) in [6.07, 6.45) is 4.39. The Bertz CT molecular complexity index is 134. The minimum absolute atomic E-state index is 0.318. The highest BCUT2D eigenvalue weighted by atomic mass is 16.3. The normalized spacial score (nSPS) is 15.4. The number of hydrogen-bond acceptors (Lipinski definition) is 1. The molecule has 12 heavy (non-hydrogen) atoms. The van der Waals surface area contributed by atoms with E-state index in [1.54, 1.807) is 0 Å². The van der Waals surface area contributed by atoms with Gasteiger partial charge in [-0.3, -0.25) is 0 Å². The molecule has 2 atom stereocenters. The number of aliphatic hydroxyl groups excluding tert-OH is 1. The summed E-state index contributed by atoms with van der Waals surface area (Å²) in [5.74, 6) is 1.08. The Balaban J connectivity index is 3.91. The zero-order chi connectivity index (χ0) is 9.56. The fourth-order valence-corrected chi connectivity index (χ4v) is 1.21. The van der Waals surface area contributed by atoms with Crippen molar-refractivity contribution in [2.75, 3.05) is 6.61 Å². The van der Waals surface area contributed by atoms with Crippen LogP contribution in [0, 0.1) is 11.8 Å². The SMILES string of the molecule is CC[C@H](C)[C@@H](CO)CC=C(C)C. The topological polar surface area (TPSA) is 20.2 Å². The van der Waals surface area contributed by atoms with Gasteiger partial charge in [0.2, 0.25) is 0 Å². The molecule has 0 saturated heterocycles. The number of hydrogen-bond donors (Lipinski definition) is 1. The Kier molecular flexibility index (Phi) is 6.09. The quantitative estimate of drug-likeness (QED) is 0.629. The van der Waals surface area contributed by atoms with Crippen molar-refractivity contribution in [1.82, 2.24) is 0 Å². The third-order valence-electron chi connectivity index (χ3n) is 2.51. The van der Waals surface area contributed by atoms with E-state index in [1.807, 2.05) is 0 Å². The van der Waals surface area contributed by atoms with Crippen LogP contribution in [-0.4, -0.2) is 11.7 Å². The molecule has 0 radical (unpaired) electrons. The molecule has 72 valence electrons. The molecule has 0 bridgehead atoms. The number of aliphatic hydroxyl groups is 1. The van der Waals surface area contributed by atoms with Gasteiger partial charge in [0.25, 0.3) is 0 Å². The lowest BCUT2D eigenvalue weighted by molar-refractivity contribution is 0.181. The van der Waals surface area contributed by atoms with E-state index in [9.17, 15) is 0 Å². The van der Waals surface area contributed by atoms with Crippen molar-refractivity contribution in [2.24, 2.45) is 11.8 Å². The van der Waals surface area contributed by atoms with Crippen LogP contribution in [0.3, 0.4) is 0 Å². The van der Waals surface area contributed by atoms with Gasteiger partial charge in [-0.05, 0) is 32.1 Å². The average molecular weight is 170 g/mol. The van der Waals surface area contributed by atoms with Gasteiger partial charge in [0.1, 0.15) is 0 Å². The van der Waals surface area contributed by atoms with Gasteiger partial charge in [0.15, 0.2) is 0 Å². The van der Waals surface area contributed by atoms with Crippen LogP contribution in [0.5, 0.6) is 0 Å². The molecule has 0 saturated carbocycles. The predicted molar refractivity (Wildman–Crippen MR) is 54.1 cm³/mol. The van der Waals surface area contributed by atoms with E-state index in [2.05, 4.69) is 33.8 Å². The molecular formula is C11H22O. The minimum atomic E-state index is 0.318. The summed E-state index contributed by atoms with van der Waals surface area (Å²) in [6, 6.07) is 0. The first-order valence-corrected chi connectivity index (χ1v) is 4.86. The van der Waals surface area contributed by atoms with Gasteiger partial charge in [0.05, 0.1) is 0 Å². The van der Waals surface area contributed by atoms with Crippen LogP contribution in [0.15, 0.2) is 11.6 Å². The Hall–Kier alpha value is -0.300. The zero-order valence-electron chi connectivity index (χ0n) is 8.80. The fourth-order valence-electron chi connectivity index (χ4n) is 1.21. The van der Waals surface area contributed by atoms with Crippen LogP contribution < -0.4 is 0 Å². The summed E-state index contributed by atoms with van der Waals surface area (Å²) < 4.78 is 0. The maximum atomic E-state index is 9.11. The van der Waals surface area contributed by atoms with Crippen molar-refractivity contribution in [3.8, 4) is 0 Å². The third-order valence-corrected chi connectivity index (χ3v) is 2.51. The highest BCUT2D eigenvalue weighted by Gasteiger charge is 2.12. The largest absolute Gasteiger partial charge is 0.396 e. The molecule has 1 N–H and O–H groups in total. The molecule has 0 aromatic rings. The molecule has 0 amide bonds. The minimum Gasteiger partial charge on any atom is -0.396 e. The van der Waals surface area contributed by atoms with Gasteiger partial charge in [-0.25, -0.2) is 0 Å². The monoisotopic (exact) mass is 170 g/mol. The molecule has 0 fully saturated rings. The second-order valence-electron chi connectivity index (χ2n) is 3.85. The molecule has 0 aromatic heterocycles. The maximum Gasteiger partial charge on any atom is 0.0464 e. The van der Waals surface area contributed by atoms with E-state index in [0.717, 1.165) is 12.8 Å². The molecule has 0 aliphatic rings. The zero-order valence-corrected chi connectivity index (χ0v) is 8.80. The molecule has 0 heterocycles. The van der Waals surface area contributed by atoms with Crippen LogP contribution >= 0.6 is 0 Å². The van der Waals surface area contributed by atoms with Crippen molar-refractivity contribution < 1.29 is 5.11 Å². The highest BCUT2D eigenvalue weighted by Crippen LogP contribution is 2.19. The van der Waals surface area contributed by atoms with E-state index in [1.165, 1.54) is 5.57 Å². The lowest BCUT2D eigenvalue weighted by Gasteiger charge is -2.18.